The van der Waals surface area contributed by atoms with Crippen molar-refractivity contribution in [3.05, 3.63) is 29.8 Å². The van der Waals surface area contributed by atoms with Gasteiger partial charge in [0.05, 0.1) is 0 Å². The molecule has 0 fully saturated rings. The first-order valence-electron chi connectivity index (χ1n) is 4.65. The van der Waals surface area contributed by atoms with E-state index in [1.54, 1.807) is 12.1 Å². The minimum absolute atomic E-state index is 0.333. The van der Waals surface area contributed by atoms with E-state index < -0.39 is 7.12 Å². The number of rotatable bonds is 3. The first-order chi connectivity index (χ1) is 6.52. The van der Waals surface area contributed by atoms with Crippen LogP contribution in [0.5, 0.6) is 0 Å². The Labute approximate surface area is 85.1 Å². The normalized spacial score (nSPS) is 13.0. The molecule has 0 spiro atoms. The van der Waals surface area contributed by atoms with Crippen molar-refractivity contribution in [2.75, 3.05) is 14.1 Å². The van der Waals surface area contributed by atoms with Crippen molar-refractivity contribution in [3.63, 3.8) is 0 Å². The molecule has 1 atom stereocenters. The molecule has 0 aliphatic heterocycles. The summed E-state index contributed by atoms with van der Waals surface area (Å²) < 4.78 is 0. The molecule has 0 radical (unpaired) electrons. The van der Waals surface area contributed by atoms with Crippen molar-refractivity contribution in [2.45, 2.75) is 13.0 Å². The highest BCUT2D eigenvalue weighted by molar-refractivity contribution is 6.58. The SMILES string of the molecule is CC(c1ccc(B(O)O)cc1)N(C)C. The molecule has 1 aromatic carbocycles. The maximum atomic E-state index is 8.91. The first kappa shape index (κ1) is 11.2. The van der Waals surface area contributed by atoms with Gasteiger partial charge in [-0.1, -0.05) is 24.3 Å². The Bertz CT molecular complexity index is 285. The van der Waals surface area contributed by atoms with Gasteiger partial charge in [0.25, 0.3) is 0 Å². The summed E-state index contributed by atoms with van der Waals surface area (Å²) in [5.74, 6) is 0. The largest absolute Gasteiger partial charge is 0.488 e. The molecule has 0 aliphatic carbocycles. The number of benzene rings is 1. The lowest BCUT2D eigenvalue weighted by Crippen LogP contribution is -2.29. The molecule has 3 nitrogen and oxygen atoms in total. The smallest absolute Gasteiger partial charge is 0.423 e. The molecule has 0 saturated heterocycles. The summed E-state index contributed by atoms with van der Waals surface area (Å²) in [6.07, 6.45) is 0. The van der Waals surface area contributed by atoms with Gasteiger partial charge in [-0.2, -0.15) is 0 Å². The Balaban J connectivity index is 2.83. The fourth-order valence-electron chi connectivity index (χ4n) is 1.24. The van der Waals surface area contributed by atoms with E-state index in [1.165, 1.54) is 5.56 Å². The maximum absolute atomic E-state index is 8.91. The van der Waals surface area contributed by atoms with Crippen LogP contribution in [0.3, 0.4) is 0 Å². The van der Waals surface area contributed by atoms with Crippen LogP contribution >= 0.6 is 0 Å². The van der Waals surface area contributed by atoms with Crippen LogP contribution in [-0.4, -0.2) is 36.2 Å². The number of hydrogen-bond donors (Lipinski definition) is 2. The minimum atomic E-state index is -1.38. The van der Waals surface area contributed by atoms with Gasteiger partial charge < -0.3 is 14.9 Å². The van der Waals surface area contributed by atoms with Crippen LogP contribution in [0.25, 0.3) is 0 Å². The van der Waals surface area contributed by atoms with Crippen molar-refractivity contribution in [3.8, 4) is 0 Å². The summed E-state index contributed by atoms with van der Waals surface area (Å²) in [6.45, 7) is 2.10. The molecule has 0 amide bonds. The molecule has 0 bridgehead atoms. The molecule has 1 aromatic rings. The summed E-state index contributed by atoms with van der Waals surface area (Å²) in [4.78, 5) is 2.10. The van der Waals surface area contributed by atoms with Crippen LogP contribution in [0, 0.1) is 0 Å². The summed E-state index contributed by atoms with van der Waals surface area (Å²) in [7, 11) is 2.65. The average Bonchev–Trinajstić information content (AvgIpc) is 2.16. The van der Waals surface area contributed by atoms with E-state index in [0.29, 0.717) is 11.5 Å². The van der Waals surface area contributed by atoms with Gasteiger partial charge in [-0.05, 0) is 32.0 Å². The van der Waals surface area contributed by atoms with Crippen LogP contribution in [0.15, 0.2) is 24.3 Å². The third-order valence-electron chi connectivity index (χ3n) is 2.49. The van der Waals surface area contributed by atoms with Gasteiger partial charge in [0.1, 0.15) is 0 Å². The minimum Gasteiger partial charge on any atom is -0.423 e. The van der Waals surface area contributed by atoms with Gasteiger partial charge in [-0.3, -0.25) is 0 Å². The second-order valence-electron chi connectivity index (χ2n) is 3.68. The maximum Gasteiger partial charge on any atom is 0.488 e. The molecule has 0 saturated carbocycles. The summed E-state index contributed by atoms with van der Waals surface area (Å²) in [5.41, 5.74) is 1.69. The van der Waals surface area contributed by atoms with E-state index in [1.807, 2.05) is 26.2 Å². The summed E-state index contributed by atoms with van der Waals surface area (Å²) >= 11 is 0. The van der Waals surface area contributed by atoms with E-state index in [4.69, 9.17) is 10.0 Å². The third-order valence-corrected chi connectivity index (χ3v) is 2.49. The molecule has 0 aromatic heterocycles. The molecule has 76 valence electrons. The Morgan fingerprint density at radius 3 is 2.00 bits per heavy atom. The summed E-state index contributed by atoms with van der Waals surface area (Å²) in [5, 5.41) is 17.8. The quantitative estimate of drug-likeness (QED) is 0.663. The zero-order valence-corrected chi connectivity index (χ0v) is 8.81. The van der Waals surface area contributed by atoms with E-state index >= 15 is 0 Å². The van der Waals surface area contributed by atoms with E-state index in [9.17, 15) is 0 Å². The first-order valence-corrected chi connectivity index (χ1v) is 4.65. The Morgan fingerprint density at radius 1 is 1.14 bits per heavy atom. The van der Waals surface area contributed by atoms with Crippen molar-refractivity contribution >= 4 is 12.6 Å². The number of hydrogen-bond acceptors (Lipinski definition) is 3. The lowest BCUT2D eigenvalue weighted by molar-refractivity contribution is 0.321. The third kappa shape index (κ3) is 2.58. The van der Waals surface area contributed by atoms with E-state index in [0.717, 1.165) is 0 Å². The molecule has 0 heterocycles. The summed E-state index contributed by atoms with van der Waals surface area (Å²) in [6, 6.07) is 7.64. The lowest BCUT2D eigenvalue weighted by Gasteiger charge is -2.20. The fourth-order valence-corrected chi connectivity index (χ4v) is 1.24. The topological polar surface area (TPSA) is 43.7 Å². The van der Waals surface area contributed by atoms with Crippen LogP contribution < -0.4 is 5.46 Å². The second-order valence-corrected chi connectivity index (χ2v) is 3.68. The standard InChI is InChI=1S/C10H16BNO2/c1-8(12(2)3)9-4-6-10(7-5-9)11(13)14/h4-8,13-14H,1-3H3. The fraction of sp³-hybridized carbons (Fsp3) is 0.400. The Hall–Kier alpha value is -0.835. The van der Waals surface area contributed by atoms with Crippen LogP contribution in [-0.2, 0) is 0 Å². The van der Waals surface area contributed by atoms with Crippen molar-refractivity contribution in [1.29, 1.82) is 0 Å². The number of nitrogens with zero attached hydrogens (tertiary/aromatic N) is 1. The predicted molar refractivity (Wildman–Crippen MR) is 58.4 cm³/mol. The molecule has 1 rings (SSSR count). The van der Waals surface area contributed by atoms with E-state index in [-0.39, 0.29) is 0 Å². The molecule has 2 N–H and O–H groups in total. The molecular weight excluding hydrogens is 177 g/mol. The van der Waals surface area contributed by atoms with Gasteiger partial charge in [-0.25, -0.2) is 0 Å². The van der Waals surface area contributed by atoms with E-state index in [2.05, 4.69) is 11.8 Å². The van der Waals surface area contributed by atoms with Crippen molar-refractivity contribution < 1.29 is 10.0 Å². The Kier molecular flexibility index (Phi) is 3.69. The zero-order chi connectivity index (χ0) is 10.7. The zero-order valence-electron chi connectivity index (χ0n) is 8.81. The van der Waals surface area contributed by atoms with Crippen LogP contribution in [0.4, 0.5) is 0 Å². The van der Waals surface area contributed by atoms with Crippen LogP contribution in [0.1, 0.15) is 18.5 Å². The highest BCUT2D eigenvalue weighted by Crippen LogP contribution is 2.15. The molecular formula is C10H16BNO2. The molecule has 14 heavy (non-hydrogen) atoms. The highest BCUT2D eigenvalue weighted by atomic mass is 16.4. The monoisotopic (exact) mass is 193 g/mol. The van der Waals surface area contributed by atoms with Gasteiger partial charge in [-0.15, -0.1) is 0 Å². The molecule has 1 unspecified atom stereocenters. The Morgan fingerprint density at radius 2 is 1.64 bits per heavy atom. The molecule has 0 aliphatic rings. The van der Waals surface area contributed by atoms with Gasteiger partial charge in [0.2, 0.25) is 0 Å². The van der Waals surface area contributed by atoms with Gasteiger partial charge in [0.15, 0.2) is 0 Å². The van der Waals surface area contributed by atoms with Crippen LogP contribution in [0.2, 0.25) is 0 Å². The van der Waals surface area contributed by atoms with Crippen molar-refractivity contribution in [2.24, 2.45) is 0 Å². The van der Waals surface area contributed by atoms with Crippen molar-refractivity contribution in [1.82, 2.24) is 4.90 Å². The highest BCUT2D eigenvalue weighted by Gasteiger charge is 2.12. The molecule has 4 heteroatoms. The lowest BCUT2D eigenvalue weighted by atomic mass is 9.80. The van der Waals surface area contributed by atoms with Gasteiger partial charge >= 0.3 is 7.12 Å². The van der Waals surface area contributed by atoms with Gasteiger partial charge in [0, 0.05) is 6.04 Å². The second kappa shape index (κ2) is 4.60. The predicted octanol–water partition coefficient (Wildman–Crippen LogP) is -0.0110. The average molecular weight is 193 g/mol.